The molecule has 0 atom stereocenters. The molecule has 1 amide bonds. The Hall–Kier alpha value is -3.41. The number of nitriles is 1. The van der Waals surface area contributed by atoms with E-state index in [-0.39, 0.29) is 17.7 Å². The Labute approximate surface area is 211 Å². The van der Waals surface area contributed by atoms with Crippen LogP contribution in [-0.4, -0.2) is 25.1 Å². The highest BCUT2D eigenvalue weighted by Crippen LogP contribution is 2.37. The first kappa shape index (κ1) is 25.2. The number of thiophene rings is 1. The number of benzene rings is 2. The van der Waals surface area contributed by atoms with E-state index in [4.69, 9.17) is 9.47 Å². The molecule has 0 fully saturated rings. The molecule has 1 aromatic heterocycles. The van der Waals surface area contributed by atoms with Crippen LogP contribution in [0.25, 0.3) is 17.2 Å². The second-order valence-electron chi connectivity index (χ2n) is 7.09. The molecular weight excluding hydrogens is 516 g/mol. The predicted octanol–water partition coefficient (Wildman–Crippen LogP) is 6.69. The maximum absolute atomic E-state index is 13.0. The van der Waals surface area contributed by atoms with Gasteiger partial charge in [-0.2, -0.15) is 5.26 Å². The monoisotopic (exact) mass is 538 g/mol. The second kappa shape index (κ2) is 12.2. The molecule has 0 unspecified atom stereocenters. The first-order valence-electron chi connectivity index (χ1n) is 10.7. The number of nitrogens with zero attached hydrogens (tertiary/aromatic N) is 1. The molecule has 0 aliphatic carbocycles. The second-order valence-corrected chi connectivity index (χ2v) is 8.89. The third kappa shape index (κ3) is 6.13. The van der Waals surface area contributed by atoms with Gasteiger partial charge in [0.25, 0.3) is 5.91 Å². The van der Waals surface area contributed by atoms with Crippen LogP contribution in [0.15, 0.2) is 64.0 Å². The summed E-state index contributed by atoms with van der Waals surface area (Å²) in [7, 11) is 0. The molecule has 1 N–H and O–H groups in total. The van der Waals surface area contributed by atoms with Crippen molar-refractivity contribution in [2.45, 2.75) is 20.3 Å². The van der Waals surface area contributed by atoms with Gasteiger partial charge in [0.15, 0.2) is 0 Å². The molecule has 0 bridgehead atoms. The van der Waals surface area contributed by atoms with Crippen LogP contribution in [-0.2, 0) is 9.53 Å². The molecule has 0 spiro atoms. The summed E-state index contributed by atoms with van der Waals surface area (Å²) in [4.78, 5) is 25.8. The van der Waals surface area contributed by atoms with E-state index in [2.05, 4.69) is 21.2 Å². The molecule has 6 nitrogen and oxygen atoms in total. The van der Waals surface area contributed by atoms with Crippen molar-refractivity contribution in [2.24, 2.45) is 0 Å². The SMILES string of the molecule is CCCOc1ccccc1/C=C(\C#N)C(=O)Nc1scc(-c2ccc(Br)cc2)c1C(=O)OCC. The number of esters is 1. The zero-order valence-corrected chi connectivity index (χ0v) is 21.2. The van der Waals surface area contributed by atoms with Gasteiger partial charge in [-0.25, -0.2) is 4.79 Å². The number of para-hydroxylation sites is 1. The van der Waals surface area contributed by atoms with Crippen LogP contribution in [0.5, 0.6) is 5.75 Å². The third-order valence-electron chi connectivity index (χ3n) is 4.70. The molecule has 34 heavy (non-hydrogen) atoms. The molecule has 2 aromatic carbocycles. The van der Waals surface area contributed by atoms with Gasteiger partial charge < -0.3 is 14.8 Å². The fourth-order valence-electron chi connectivity index (χ4n) is 3.12. The van der Waals surface area contributed by atoms with Crippen LogP contribution < -0.4 is 10.1 Å². The Morgan fingerprint density at radius 1 is 1.15 bits per heavy atom. The zero-order valence-electron chi connectivity index (χ0n) is 18.8. The lowest BCUT2D eigenvalue weighted by atomic mass is 10.0. The van der Waals surface area contributed by atoms with E-state index in [1.807, 2.05) is 43.3 Å². The molecule has 0 saturated heterocycles. The highest BCUT2D eigenvalue weighted by atomic mass is 79.9. The maximum atomic E-state index is 13.0. The van der Waals surface area contributed by atoms with Crippen LogP contribution in [0.1, 0.15) is 36.2 Å². The summed E-state index contributed by atoms with van der Waals surface area (Å²) < 4.78 is 11.9. The number of nitrogens with one attached hydrogen (secondary N) is 1. The highest BCUT2D eigenvalue weighted by molar-refractivity contribution is 9.10. The topological polar surface area (TPSA) is 88.4 Å². The van der Waals surface area contributed by atoms with Gasteiger partial charge in [0.05, 0.1) is 13.2 Å². The molecule has 0 aliphatic rings. The summed E-state index contributed by atoms with van der Waals surface area (Å²) in [6.45, 7) is 4.43. The fraction of sp³-hybridized carbons (Fsp3) is 0.192. The Morgan fingerprint density at radius 2 is 1.88 bits per heavy atom. The molecule has 3 aromatic rings. The largest absolute Gasteiger partial charge is 0.493 e. The van der Waals surface area contributed by atoms with E-state index in [0.717, 1.165) is 16.5 Å². The fourth-order valence-corrected chi connectivity index (χ4v) is 4.33. The number of hydrogen-bond acceptors (Lipinski definition) is 6. The number of carbonyl (C=O) groups is 2. The van der Waals surface area contributed by atoms with Crippen molar-refractivity contribution in [2.75, 3.05) is 18.5 Å². The van der Waals surface area contributed by atoms with Gasteiger partial charge in [0, 0.05) is 21.0 Å². The third-order valence-corrected chi connectivity index (χ3v) is 6.12. The number of ether oxygens (including phenoxy) is 2. The first-order chi connectivity index (χ1) is 16.5. The Kier molecular flexibility index (Phi) is 9.02. The van der Waals surface area contributed by atoms with E-state index < -0.39 is 11.9 Å². The average molecular weight is 539 g/mol. The van der Waals surface area contributed by atoms with Crippen LogP contribution >= 0.6 is 27.3 Å². The quantitative estimate of drug-likeness (QED) is 0.186. The highest BCUT2D eigenvalue weighted by Gasteiger charge is 2.24. The zero-order chi connectivity index (χ0) is 24.5. The normalized spacial score (nSPS) is 10.9. The van der Waals surface area contributed by atoms with E-state index in [0.29, 0.717) is 28.5 Å². The Bertz CT molecular complexity index is 1240. The summed E-state index contributed by atoms with van der Waals surface area (Å²) in [5.41, 5.74) is 2.22. The summed E-state index contributed by atoms with van der Waals surface area (Å²) in [6.07, 6.45) is 2.31. The first-order valence-corrected chi connectivity index (χ1v) is 12.3. The average Bonchev–Trinajstić information content (AvgIpc) is 3.25. The minimum absolute atomic E-state index is 0.110. The van der Waals surface area contributed by atoms with Gasteiger partial charge in [-0.3, -0.25) is 4.79 Å². The molecule has 174 valence electrons. The van der Waals surface area contributed by atoms with Crippen LogP contribution in [0.3, 0.4) is 0 Å². The van der Waals surface area contributed by atoms with Crippen molar-refractivity contribution in [1.82, 2.24) is 0 Å². The summed E-state index contributed by atoms with van der Waals surface area (Å²) in [5, 5.41) is 14.5. The van der Waals surface area contributed by atoms with Crippen molar-refractivity contribution in [3.8, 4) is 22.9 Å². The van der Waals surface area contributed by atoms with Crippen molar-refractivity contribution in [3.63, 3.8) is 0 Å². The van der Waals surface area contributed by atoms with Crippen molar-refractivity contribution < 1.29 is 19.1 Å². The minimum Gasteiger partial charge on any atom is -0.493 e. The molecular formula is C26H23BrN2O4S. The van der Waals surface area contributed by atoms with Crippen LogP contribution in [0, 0.1) is 11.3 Å². The summed E-state index contributed by atoms with van der Waals surface area (Å²) >= 11 is 4.61. The maximum Gasteiger partial charge on any atom is 0.341 e. The van der Waals surface area contributed by atoms with Gasteiger partial charge in [-0.1, -0.05) is 53.2 Å². The Balaban J connectivity index is 1.94. The van der Waals surface area contributed by atoms with Gasteiger partial charge in [0.1, 0.15) is 28.0 Å². The number of rotatable bonds is 9. The lowest BCUT2D eigenvalue weighted by molar-refractivity contribution is -0.112. The lowest BCUT2D eigenvalue weighted by Gasteiger charge is -2.10. The lowest BCUT2D eigenvalue weighted by Crippen LogP contribution is -2.16. The molecule has 1 heterocycles. The van der Waals surface area contributed by atoms with Crippen LogP contribution in [0.4, 0.5) is 5.00 Å². The van der Waals surface area contributed by atoms with Gasteiger partial charge in [-0.15, -0.1) is 11.3 Å². The van der Waals surface area contributed by atoms with Crippen molar-refractivity contribution in [3.05, 3.63) is 75.1 Å². The van der Waals surface area contributed by atoms with Gasteiger partial charge in [0.2, 0.25) is 0 Å². The molecule has 8 heteroatoms. The summed E-state index contributed by atoms with van der Waals surface area (Å²) in [6, 6.07) is 16.6. The number of anilines is 1. The summed E-state index contributed by atoms with van der Waals surface area (Å²) in [5.74, 6) is -0.578. The van der Waals surface area contributed by atoms with Gasteiger partial charge >= 0.3 is 5.97 Å². The van der Waals surface area contributed by atoms with Crippen molar-refractivity contribution in [1.29, 1.82) is 5.26 Å². The van der Waals surface area contributed by atoms with E-state index in [1.54, 1.807) is 30.5 Å². The van der Waals surface area contributed by atoms with E-state index >= 15 is 0 Å². The van der Waals surface area contributed by atoms with Gasteiger partial charge in [-0.05, 0) is 43.2 Å². The number of hydrogen-bond donors (Lipinski definition) is 1. The Morgan fingerprint density at radius 3 is 2.56 bits per heavy atom. The minimum atomic E-state index is -0.623. The van der Waals surface area contributed by atoms with E-state index in [9.17, 15) is 14.9 Å². The van der Waals surface area contributed by atoms with Crippen molar-refractivity contribution >= 4 is 50.2 Å². The molecule has 0 aliphatic heterocycles. The molecule has 3 rings (SSSR count). The number of halogens is 1. The number of carbonyl (C=O) groups excluding carboxylic acids is 2. The molecule has 0 saturated carbocycles. The molecule has 0 radical (unpaired) electrons. The van der Waals surface area contributed by atoms with Crippen LogP contribution in [0.2, 0.25) is 0 Å². The standard InChI is InChI=1S/C26H23BrN2O4S/c1-3-13-33-22-8-6-5-7-18(22)14-19(15-28)24(30)29-25-23(26(31)32-4-2)21(16-34-25)17-9-11-20(27)12-10-17/h5-12,14,16H,3-4,13H2,1-2H3,(H,29,30)/b19-14+. The smallest absolute Gasteiger partial charge is 0.341 e. The van der Waals surface area contributed by atoms with E-state index in [1.165, 1.54) is 17.4 Å². The number of amides is 1. The predicted molar refractivity (Wildman–Crippen MR) is 138 cm³/mol.